The third kappa shape index (κ3) is 4.12. The van der Waals surface area contributed by atoms with E-state index in [9.17, 15) is 14.7 Å². The number of aliphatic hydroxyl groups is 1. The molecule has 1 atom stereocenters. The van der Waals surface area contributed by atoms with Crippen LogP contribution in [-0.4, -0.2) is 28.9 Å². The zero-order valence-corrected chi connectivity index (χ0v) is 19.1. The molecule has 168 valence electrons. The van der Waals surface area contributed by atoms with Gasteiger partial charge < -0.3 is 9.84 Å². The molecule has 1 amide bonds. The maximum Gasteiger partial charge on any atom is 0.300 e. The number of carbonyl (C=O) groups is 2. The Labute approximate surface area is 193 Å². The number of pyridine rings is 1. The van der Waals surface area contributed by atoms with E-state index >= 15 is 0 Å². The van der Waals surface area contributed by atoms with E-state index in [2.05, 4.69) is 25.8 Å². The number of benzene rings is 2. The smallest absolute Gasteiger partial charge is 0.300 e. The van der Waals surface area contributed by atoms with Crippen molar-refractivity contribution in [2.24, 2.45) is 0 Å². The Bertz CT molecular complexity index is 1220. The highest BCUT2D eigenvalue weighted by Gasteiger charge is 2.47. The number of methoxy groups -OCH3 is 1. The van der Waals surface area contributed by atoms with Gasteiger partial charge in [0.2, 0.25) is 0 Å². The van der Waals surface area contributed by atoms with Crippen molar-refractivity contribution in [3.63, 3.8) is 0 Å². The van der Waals surface area contributed by atoms with Gasteiger partial charge in [0.25, 0.3) is 11.7 Å². The van der Waals surface area contributed by atoms with Crippen LogP contribution >= 0.6 is 0 Å². The summed E-state index contributed by atoms with van der Waals surface area (Å²) in [6, 6.07) is 17.1. The minimum Gasteiger partial charge on any atom is -0.507 e. The van der Waals surface area contributed by atoms with Crippen LogP contribution in [0.3, 0.4) is 0 Å². The molecule has 6 nitrogen and oxygen atoms in total. The number of anilines is 1. The minimum absolute atomic E-state index is 0.0272. The van der Waals surface area contributed by atoms with Gasteiger partial charge in [-0.3, -0.25) is 19.5 Å². The Morgan fingerprint density at radius 2 is 1.67 bits per heavy atom. The second kappa shape index (κ2) is 8.54. The first-order valence-corrected chi connectivity index (χ1v) is 10.7. The monoisotopic (exact) mass is 442 g/mol. The number of amides is 1. The Kier molecular flexibility index (Phi) is 5.77. The highest BCUT2D eigenvalue weighted by molar-refractivity contribution is 6.51. The molecule has 1 N–H and O–H groups in total. The van der Waals surface area contributed by atoms with E-state index in [1.807, 2.05) is 24.3 Å². The van der Waals surface area contributed by atoms with E-state index in [1.165, 1.54) is 12.0 Å². The van der Waals surface area contributed by atoms with E-state index in [0.29, 0.717) is 22.6 Å². The maximum absolute atomic E-state index is 13.2. The van der Waals surface area contributed by atoms with Gasteiger partial charge in [0, 0.05) is 23.6 Å². The van der Waals surface area contributed by atoms with Gasteiger partial charge in [-0.15, -0.1) is 0 Å². The highest BCUT2D eigenvalue weighted by atomic mass is 16.5. The fourth-order valence-corrected chi connectivity index (χ4v) is 4.01. The zero-order valence-electron chi connectivity index (χ0n) is 19.1. The van der Waals surface area contributed by atoms with Crippen LogP contribution in [-0.2, 0) is 15.0 Å². The number of carbonyl (C=O) groups excluding carboxylic acids is 2. The molecule has 3 aromatic rings. The van der Waals surface area contributed by atoms with Gasteiger partial charge in [-0.25, -0.2) is 0 Å². The van der Waals surface area contributed by atoms with Crippen molar-refractivity contribution in [2.75, 3.05) is 12.0 Å². The Morgan fingerprint density at radius 1 is 1.00 bits per heavy atom. The van der Waals surface area contributed by atoms with Crippen LogP contribution in [0.2, 0.25) is 0 Å². The Hall–Kier alpha value is -3.93. The fourth-order valence-electron chi connectivity index (χ4n) is 4.01. The molecule has 4 rings (SSSR count). The topological polar surface area (TPSA) is 79.7 Å². The van der Waals surface area contributed by atoms with Gasteiger partial charge >= 0.3 is 0 Å². The molecule has 1 fully saturated rings. The van der Waals surface area contributed by atoms with Crippen molar-refractivity contribution in [1.82, 2.24) is 4.98 Å². The molecule has 0 radical (unpaired) electrons. The number of hydrogen-bond donors (Lipinski definition) is 1. The number of ether oxygens (including phenoxy) is 1. The molecule has 1 unspecified atom stereocenters. The summed E-state index contributed by atoms with van der Waals surface area (Å²) in [5.41, 5.74) is 2.74. The van der Waals surface area contributed by atoms with Crippen molar-refractivity contribution in [3.05, 3.63) is 95.3 Å². The van der Waals surface area contributed by atoms with E-state index < -0.39 is 17.7 Å². The summed E-state index contributed by atoms with van der Waals surface area (Å²) in [6.07, 6.45) is 3.20. The summed E-state index contributed by atoms with van der Waals surface area (Å²) in [5.74, 6) is -1.14. The third-order valence-corrected chi connectivity index (χ3v) is 5.82. The molecule has 2 aromatic carbocycles. The standard InChI is InChI=1S/C27H26N2O4/c1-27(2,3)19-8-10-20(11-9-19)29-23(17-12-14-28-15-13-17)22(25(31)26(29)32)24(30)18-6-5-7-21(16-18)33-4/h5-16,23,30H,1-4H3/b24-22+. The normalized spacial score (nSPS) is 17.9. The second-order valence-electron chi connectivity index (χ2n) is 8.98. The summed E-state index contributed by atoms with van der Waals surface area (Å²) in [7, 11) is 1.52. The second-order valence-corrected chi connectivity index (χ2v) is 8.98. The van der Waals surface area contributed by atoms with Crippen LogP contribution in [0.1, 0.15) is 43.5 Å². The number of rotatable bonds is 4. The number of Topliss-reactive ketones (excluding diaryl/α,β-unsaturated/α-hetero) is 1. The molecular weight excluding hydrogens is 416 g/mol. The highest BCUT2D eigenvalue weighted by Crippen LogP contribution is 2.42. The van der Waals surface area contributed by atoms with Crippen molar-refractivity contribution in [3.8, 4) is 5.75 Å². The Balaban J connectivity index is 1.89. The number of hydrogen-bond acceptors (Lipinski definition) is 5. The SMILES string of the molecule is COc1cccc(/C(O)=C2\C(=O)C(=O)N(c3ccc(C(C)(C)C)cc3)C2c2ccncc2)c1. The van der Waals surface area contributed by atoms with Gasteiger partial charge in [0.05, 0.1) is 18.7 Å². The van der Waals surface area contributed by atoms with Gasteiger partial charge in [0.1, 0.15) is 11.5 Å². The van der Waals surface area contributed by atoms with E-state index in [-0.39, 0.29) is 16.7 Å². The summed E-state index contributed by atoms with van der Waals surface area (Å²) >= 11 is 0. The van der Waals surface area contributed by atoms with Crippen LogP contribution < -0.4 is 9.64 Å². The molecule has 0 saturated carbocycles. The lowest BCUT2D eigenvalue weighted by Crippen LogP contribution is -2.29. The summed E-state index contributed by atoms with van der Waals surface area (Å²) < 4.78 is 5.25. The van der Waals surface area contributed by atoms with Crippen molar-refractivity contribution in [1.29, 1.82) is 0 Å². The molecule has 1 aromatic heterocycles. The lowest BCUT2D eigenvalue weighted by Gasteiger charge is -2.26. The lowest BCUT2D eigenvalue weighted by molar-refractivity contribution is -0.132. The lowest BCUT2D eigenvalue weighted by atomic mass is 9.87. The average Bonchev–Trinajstić information content (AvgIpc) is 3.09. The Morgan fingerprint density at radius 3 is 2.27 bits per heavy atom. The largest absolute Gasteiger partial charge is 0.507 e. The maximum atomic E-state index is 13.2. The molecule has 0 aliphatic carbocycles. The molecule has 2 heterocycles. The van der Waals surface area contributed by atoms with Crippen molar-refractivity contribution < 1.29 is 19.4 Å². The van der Waals surface area contributed by atoms with Gasteiger partial charge in [-0.05, 0) is 52.9 Å². The van der Waals surface area contributed by atoms with Crippen LogP contribution in [0.4, 0.5) is 5.69 Å². The predicted molar refractivity (Wildman–Crippen MR) is 127 cm³/mol. The van der Waals surface area contributed by atoms with Crippen molar-refractivity contribution in [2.45, 2.75) is 32.2 Å². The first-order valence-electron chi connectivity index (χ1n) is 10.7. The quantitative estimate of drug-likeness (QED) is 0.349. The molecule has 0 bridgehead atoms. The fraction of sp³-hybridized carbons (Fsp3) is 0.222. The molecule has 0 spiro atoms. The molecule has 1 saturated heterocycles. The first-order chi connectivity index (χ1) is 15.7. The summed E-state index contributed by atoms with van der Waals surface area (Å²) in [5, 5.41) is 11.2. The van der Waals surface area contributed by atoms with Crippen molar-refractivity contribution >= 4 is 23.1 Å². The number of aromatic nitrogens is 1. The minimum atomic E-state index is -0.792. The first kappa shape index (κ1) is 22.3. The summed E-state index contributed by atoms with van der Waals surface area (Å²) in [6.45, 7) is 6.33. The molecular formula is C27H26N2O4. The van der Waals surface area contributed by atoms with Crippen LogP contribution in [0, 0.1) is 0 Å². The average molecular weight is 443 g/mol. The van der Waals surface area contributed by atoms with Gasteiger partial charge in [0.15, 0.2) is 0 Å². The molecule has 6 heteroatoms. The molecule has 1 aliphatic rings. The molecule has 33 heavy (non-hydrogen) atoms. The summed E-state index contributed by atoms with van der Waals surface area (Å²) in [4.78, 5) is 31.9. The zero-order chi connectivity index (χ0) is 23.8. The van der Waals surface area contributed by atoms with E-state index in [4.69, 9.17) is 4.74 Å². The van der Waals surface area contributed by atoms with Gasteiger partial charge in [-0.2, -0.15) is 0 Å². The van der Waals surface area contributed by atoms with Crippen LogP contribution in [0.5, 0.6) is 5.75 Å². The van der Waals surface area contributed by atoms with Gasteiger partial charge in [-0.1, -0.05) is 45.0 Å². The molecule has 1 aliphatic heterocycles. The number of ketones is 1. The van der Waals surface area contributed by atoms with E-state index in [1.54, 1.807) is 48.8 Å². The van der Waals surface area contributed by atoms with Crippen LogP contribution in [0.25, 0.3) is 5.76 Å². The van der Waals surface area contributed by atoms with E-state index in [0.717, 1.165) is 5.56 Å². The predicted octanol–water partition coefficient (Wildman–Crippen LogP) is 5.01. The third-order valence-electron chi connectivity index (χ3n) is 5.82. The van der Waals surface area contributed by atoms with Crippen LogP contribution in [0.15, 0.2) is 78.6 Å². The number of aliphatic hydroxyl groups excluding tert-OH is 1. The number of nitrogens with zero attached hydrogens (tertiary/aromatic N) is 2.